The van der Waals surface area contributed by atoms with E-state index in [2.05, 4.69) is 20.8 Å². The highest BCUT2D eigenvalue weighted by Gasteiger charge is 2.10. The molecule has 0 spiro atoms. The van der Waals surface area contributed by atoms with E-state index in [9.17, 15) is 4.79 Å². The largest absolute Gasteiger partial charge is 0.370 e. The minimum atomic E-state index is -0.173. The minimum Gasteiger partial charge on any atom is -0.370 e. The van der Waals surface area contributed by atoms with E-state index in [0.717, 1.165) is 24.7 Å². The van der Waals surface area contributed by atoms with Gasteiger partial charge in [-0.1, -0.05) is 27.2 Å². The van der Waals surface area contributed by atoms with Crippen LogP contribution in [-0.4, -0.2) is 5.91 Å². The molecule has 0 bridgehead atoms. The third-order valence-electron chi connectivity index (χ3n) is 2.47. The number of rotatable bonds is 6. The van der Waals surface area contributed by atoms with Crippen molar-refractivity contribution in [1.82, 2.24) is 0 Å². The lowest BCUT2D eigenvalue weighted by Crippen LogP contribution is -2.12. The molecule has 2 N–H and O–H groups in total. The molecule has 0 fully saturated rings. The van der Waals surface area contributed by atoms with Gasteiger partial charge in [-0.3, -0.25) is 4.79 Å². The number of hydrogen-bond donors (Lipinski definition) is 1. The Morgan fingerprint density at radius 3 is 2.33 bits per heavy atom. The van der Waals surface area contributed by atoms with Crippen molar-refractivity contribution in [2.45, 2.75) is 46.5 Å². The highest BCUT2D eigenvalue weighted by molar-refractivity contribution is 5.73. The molecule has 0 aromatic carbocycles. The van der Waals surface area contributed by atoms with Crippen LogP contribution in [0.1, 0.15) is 46.5 Å². The zero-order chi connectivity index (χ0) is 9.56. The zero-order valence-electron chi connectivity index (χ0n) is 8.47. The smallest absolute Gasteiger partial charge is 0.217 e. The van der Waals surface area contributed by atoms with E-state index in [0.29, 0.717) is 6.42 Å². The number of amides is 1. The van der Waals surface area contributed by atoms with Crippen molar-refractivity contribution < 1.29 is 4.79 Å². The number of hydrogen-bond acceptors (Lipinski definition) is 1. The number of carbonyl (C=O) groups is 1. The van der Waals surface area contributed by atoms with Crippen LogP contribution in [0.5, 0.6) is 0 Å². The van der Waals surface area contributed by atoms with Crippen molar-refractivity contribution in [2.24, 2.45) is 17.6 Å². The number of primary amides is 1. The molecule has 12 heavy (non-hydrogen) atoms. The standard InChI is InChI=1S/C10H21NO/c1-4-9(8(2)3)6-5-7-10(11)12/h8-9H,4-7H2,1-3H3,(H2,11,12). The van der Waals surface area contributed by atoms with E-state index in [4.69, 9.17) is 5.73 Å². The zero-order valence-corrected chi connectivity index (χ0v) is 8.47. The lowest BCUT2D eigenvalue weighted by Gasteiger charge is -2.17. The second-order valence-electron chi connectivity index (χ2n) is 3.77. The molecule has 72 valence electrons. The van der Waals surface area contributed by atoms with Crippen LogP contribution in [0.2, 0.25) is 0 Å². The van der Waals surface area contributed by atoms with Gasteiger partial charge in [0, 0.05) is 6.42 Å². The van der Waals surface area contributed by atoms with Crippen LogP contribution in [0.25, 0.3) is 0 Å². The van der Waals surface area contributed by atoms with Gasteiger partial charge >= 0.3 is 0 Å². The Balaban J connectivity index is 3.51. The Kier molecular flexibility index (Phi) is 5.77. The highest BCUT2D eigenvalue weighted by atomic mass is 16.1. The minimum absolute atomic E-state index is 0.173. The predicted octanol–water partition coefficient (Wildman–Crippen LogP) is 2.32. The van der Waals surface area contributed by atoms with Gasteiger partial charge in [-0.2, -0.15) is 0 Å². The van der Waals surface area contributed by atoms with Gasteiger partial charge in [0.15, 0.2) is 0 Å². The normalized spacial score (nSPS) is 13.3. The summed E-state index contributed by atoms with van der Waals surface area (Å²) in [4.78, 5) is 10.5. The maximum atomic E-state index is 10.5. The van der Waals surface area contributed by atoms with Gasteiger partial charge in [0.1, 0.15) is 0 Å². The fourth-order valence-electron chi connectivity index (χ4n) is 1.55. The molecule has 0 aromatic rings. The summed E-state index contributed by atoms with van der Waals surface area (Å²) < 4.78 is 0. The maximum Gasteiger partial charge on any atom is 0.217 e. The second-order valence-corrected chi connectivity index (χ2v) is 3.77. The SMILES string of the molecule is CCC(CCCC(N)=O)C(C)C. The van der Waals surface area contributed by atoms with Crippen molar-refractivity contribution >= 4 is 5.91 Å². The molecule has 0 aromatic heterocycles. The summed E-state index contributed by atoms with van der Waals surface area (Å²) in [6.45, 7) is 6.67. The molecule has 1 atom stereocenters. The van der Waals surface area contributed by atoms with Crippen molar-refractivity contribution in [3.63, 3.8) is 0 Å². The van der Waals surface area contributed by atoms with Gasteiger partial charge < -0.3 is 5.73 Å². The van der Waals surface area contributed by atoms with Crippen molar-refractivity contribution in [2.75, 3.05) is 0 Å². The molecule has 2 nitrogen and oxygen atoms in total. The quantitative estimate of drug-likeness (QED) is 0.655. The maximum absolute atomic E-state index is 10.5. The summed E-state index contributed by atoms with van der Waals surface area (Å²) in [7, 11) is 0. The van der Waals surface area contributed by atoms with Gasteiger partial charge in [0.2, 0.25) is 5.91 Å². The Bertz CT molecular complexity index is 132. The molecule has 1 amide bonds. The fourth-order valence-corrected chi connectivity index (χ4v) is 1.55. The lowest BCUT2D eigenvalue weighted by molar-refractivity contribution is -0.118. The van der Waals surface area contributed by atoms with Gasteiger partial charge in [0.25, 0.3) is 0 Å². The fraction of sp³-hybridized carbons (Fsp3) is 0.900. The summed E-state index contributed by atoms with van der Waals surface area (Å²) >= 11 is 0. The van der Waals surface area contributed by atoms with Crippen LogP contribution < -0.4 is 5.73 Å². The molecule has 0 aliphatic heterocycles. The molecule has 2 heteroatoms. The molecule has 0 saturated heterocycles. The molecular weight excluding hydrogens is 150 g/mol. The van der Waals surface area contributed by atoms with E-state index in [-0.39, 0.29) is 5.91 Å². The van der Waals surface area contributed by atoms with Gasteiger partial charge in [-0.05, 0) is 24.7 Å². The van der Waals surface area contributed by atoms with Crippen LogP contribution >= 0.6 is 0 Å². The molecule has 0 radical (unpaired) electrons. The topological polar surface area (TPSA) is 43.1 Å². The lowest BCUT2D eigenvalue weighted by atomic mass is 9.88. The van der Waals surface area contributed by atoms with E-state index < -0.39 is 0 Å². The first kappa shape index (κ1) is 11.5. The van der Waals surface area contributed by atoms with Crippen LogP contribution in [0.3, 0.4) is 0 Å². The van der Waals surface area contributed by atoms with Gasteiger partial charge in [-0.15, -0.1) is 0 Å². The summed E-state index contributed by atoms with van der Waals surface area (Å²) in [5.41, 5.74) is 5.06. The molecule has 0 aliphatic rings. The monoisotopic (exact) mass is 171 g/mol. The van der Waals surface area contributed by atoms with Crippen molar-refractivity contribution in [3.8, 4) is 0 Å². The summed E-state index contributed by atoms with van der Waals surface area (Å²) in [5, 5.41) is 0. The molecule has 0 saturated carbocycles. The van der Waals surface area contributed by atoms with Crippen molar-refractivity contribution in [3.05, 3.63) is 0 Å². The Morgan fingerprint density at radius 1 is 1.42 bits per heavy atom. The van der Waals surface area contributed by atoms with E-state index >= 15 is 0 Å². The summed E-state index contributed by atoms with van der Waals surface area (Å²) in [6, 6.07) is 0. The van der Waals surface area contributed by atoms with Crippen LogP contribution in [0.4, 0.5) is 0 Å². The molecular formula is C10H21NO. The molecule has 0 aliphatic carbocycles. The molecule has 0 heterocycles. The summed E-state index contributed by atoms with van der Waals surface area (Å²) in [6.07, 6.45) is 3.84. The first-order valence-corrected chi connectivity index (χ1v) is 4.86. The van der Waals surface area contributed by atoms with Crippen LogP contribution in [0.15, 0.2) is 0 Å². The summed E-state index contributed by atoms with van der Waals surface area (Å²) in [5.74, 6) is 1.31. The average Bonchev–Trinajstić information content (AvgIpc) is 1.96. The van der Waals surface area contributed by atoms with Gasteiger partial charge in [-0.25, -0.2) is 0 Å². The second kappa shape index (κ2) is 6.04. The van der Waals surface area contributed by atoms with E-state index in [1.807, 2.05) is 0 Å². The average molecular weight is 171 g/mol. The number of carbonyl (C=O) groups excluding carboxylic acids is 1. The third kappa shape index (κ3) is 5.16. The van der Waals surface area contributed by atoms with E-state index in [1.165, 1.54) is 6.42 Å². The Morgan fingerprint density at radius 2 is 2.00 bits per heavy atom. The number of nitrogens with two attached hydrogens (primary N) is 1. The van der Waals surface area contributed by atoms with Crippen LogP contribution in [0, 0.1) is 11.8 Å². The molecule has 1 unspecified atom stereocenters. The first-order chi connectivity index (χ1) is 5.57. The first-order valence-electron chi connectivity index (χ1n) is 4.86. The van der Waals surface area contributed by atoms with E-state index in [1.54, 1.807) is 0 Å². The predicted molar refractivity (Wildman–Crippen MR) is 51.7 cm³/mol. The van der Waals surface area contributed by atoms with Crippen molar-refractivity contribution in [1.29, 1.82) is 0 Å². The Labute approximate surface area is 75.5 Å². The third-order valence-corrected chi connectivity index (χ3v) is 2.47. The Hall–Kier alpha value is -0.530. The van der Waals surface area contributed by atoms with Gasteiger partial charge in [0.05, 0.1) is 0 Å². The molecule has 0 rings (SSSR count). The van der Waals surface area contributed by atoms with Crippen LogP contribution in [-0.2, 0) is 4.79 Å². The highest BCUT2D eigenvalue weighted by Crippen LogP contribution is 2.20.